The normalized spacial score (nSPS) is 18.8. The second kappa shape index (κ2) is 7.90. The van der Waals surface area contributed by atoms with E-state index in [0.29, 0.717) is 29.1 Å². The average Bonchev–Trinajstić information content (AvgIpc) is 3.05. The Kier molecular flexibility index (Phi) is 5.79. The first-order valence-corrected chi connectivity index (χ1v) is 9.80. The maximum absolute atomic E-state index is 12.9. The van der Waals surface area contributed by atoms with E-state index in [1.54, 1.807) is 17.8 Å². The number of hydrogen-bond acceptors (Lipinski definition) is 6. The molecule has 140 valence electrons. The summed E-state index contributed by atoms with van der Waals surface area (Å²) in [5.74, 6) is 0.603. The molecule has 2 aromatic rings. The number of rotatable bonds is 4. The van der Waals surface area contributed by atoms with E-state index in [-0.39, 0.29) is 17.5 Å². The predicted molar refractivity (Wildman–Crippen MR) is 103 cm³/mol. The molecule has 0 radical (unpaired) electrons. The highest BCUT2D eigenvalue weighted by molar-refractivity contribution is 7.14. The largest absolute Gasteiger partial charge is 0.490 e. The molecule has 1 saturated heterocycles. The highest BCUT2D eigenvalue weighted by atomic mass is 35.5. The Morgan fingerprint density at radius 3 is 2.85 bits per heavy atom. The quantitative estimate of drug-likeness (QED) is 0.797. The van der Waals surface area contributed by atoms with Crippen molar-refractivity contribution in [2.75, 3.05) is 26.2 Å². The number of aromatic nitrogens is 2. The minimum Gasteiger partial charge on any atom is -0.490 e. The summed E-state index contributed by atoms with van der Waals surface area (Å²) < 4.78 is 6.28. The lowest BCUT2D eigenvalue weighted by molar-refractivity contribution is 0.00685. The van der Waals surface area contributed by atoms with E-state index >= 15 is 0 Å². The molecule has 3 heterocycles. The molecule has 1 amide bonds. The van der Waals surface area contributed by atoms with Crippen LogP contribution in [0.1, 0.15) is 31.3 Å². The van der Waals surface area contributed by atoms with Crippen LogP contribution in [0.25, 0.3) is 0 Å². The van der Waals surface area contributed by atoms with Crippen LogP contribution in [0.5, 0.6) is 5.75 Å². The van der Waals surface area contributed by atoms with Gasteiger partial charge in [0.1, 0.15) is 18.1 Å². The zero-order chi connectivity index (χ0) is 18.7. The standard InChI is InChI=1S/C18H23ClN4O2S/c1-18(2,3)22-7-8-23(16(24)15-12-26-17(19)21-15)13(10-22)11-25-14-5-4-6-20-9-14/h4-6,9,12-13H,7-8,10-11H2,1-3H3. The van der Waals surface area contributed by atoms with Crippen molar-refractivity contribution in [3.63, 3.8) is 0 Å². The highest BCUT2D eigenvalue weighted by Gasteiger charge is 2.36. The van der Waals surface area contributed by atoms with Gasteiger partial charge in [0.25, 0.3) is 5.91 Å². The number of carbonyl (C=O) groups is 1. The number of piperazine rings is 1. The molecule has 2 aromatic heterocycles. The summed E-state index contributed by atoms with van der Waals surface area (Å²) in [7, 11) is 0. The first kappa shape index (κ1) is 19.1. The maximum atomic E-state index is 12.9. The Balaban J connectivity index is 1.76. The third-order valence-corrected chi connectivity index (χ3v) is 5.44. The number of ether oxygens (including phenoxy) is 1. The summed E-state index contributed by atoms with van der Waals surface area (Å²) in [6, 6.07) is 3.62. The molecule has 3 rings (SSSR count). The smallest absolute Gasteiger partial charge is 0.273 e. The van der Waals surface area contributed by atoms with Crippen molar-refractivity contribution in [2.45, 2.75) is 32.4 Å². The molecule has 1 unspecified atom stereocenters. The monoisotopic (exact) mass is 394 g/mol. The molecular formula is C18H23ClN4O2S. The van der Waals surface area contributed by atoms with Crippen molar-refractivity contribution in [2.24, 2.45) is 0 Å². The Bertz CT molecular complexity index is 747. The zero-order valence-electron chi connectivity index (χ0n) is 15.2. The van der Waals surface area contributed by atoms with Gasteiger partial charge in [-0.25, -0.2) is 4.98 Å². The van der Waals surface area contributed by atoms with E-state index in [1.165, 1.54) is 11.3 Å². The Hall–Kier alpha value is -1.70. The van der Waals surface area contributed by atoms with Gasteiger partial charge in [0.05, 0.1) is 12.2 Å². The van der Waals surface area contributed by atoms with Crippen LogP contribution in [0, 0.1) is 0 Å². The van der Waals surface area contributed by atoms with Crippen LogP contribution in [0.15, 0.2) is 29.9 Å². The van der Waals surface area contributed by atoms with Crippen molar-refractivity contribution in [1.29, 1.82) is 0 Å². The van der Waals surface area contributed by atoms with Crippen LogP contribution in [-0.2, 0) is 0 Å². The molecular weight excluding hydrogens is 372 g/mol. The van der Waals surface area contributed by atoms with Crippen LogP contribution >= 0.6 is 22.9 Å². The maximum Gasteiger partial charge on any atom is 0.273 e. The average molecular weight is 395 g/mol. The van der Waals surface area contributed by atoms with E-state index in [0.717, 1.165) is 13.1 Å². The van der Waals surface area contributed by atoms with E-state index in [1.807, 2.05) is 17.0 Å². The molecule has 1 atom stereocenters. The summed E-state index contributed by atoms with van der Waals surface area (Å²) in [6.45, 7) is 9.15. The van der Waals surface area contributed by atoms with Gasteiger partial charge >= 0.3 is 0 Å². The van der Waals surface area contributed by atoms with Gasteiger partial charge in [-0.1, -0.05) is 11.6 Å². The fourth-order valence-corrected chi connectivity index (χ4v) is 3.73. The van der Waals surface area contributed by atoms with Gasteiger partial charge in [0.2, 0.25) is 0 Å². The third kappa shape index (κ3) is 4.52. The molecule has 0 N–H and O–H groups in total. The fraction of sp³-hybridized carbons (Fsp3) is 0.500. The third-order valence-electron chi connectivity index (χ3n) is 4.46. The Labute approximate surface area is 162 Å². The van der Waals surface area contributed by atoms with Crippen LogP contribution < -0.4 is 4.74 Å². The summed E-state index contributed by atoms with van der Waals surface area (Å²) >= 11 is 7.17. The highest BCUT2D eigenvalue weighted by Crippen LogP contribution is 2.23. The van der Waals surface area contributed by atoms with Gasteiger partial charge in [-0.3, -0.25) is 14.7 Å². The van der Waals surface area contributed by atoms with Gasteiger partial charge in [-0.15, -0.1) is 11.3 Å². The lowest BCUT2D eigenvalue weighted by atomic mass is 10.0. The molecule has 0 aliphatic carbocycles. The number of thiazole rings is 1. The van der Waals surface area contributed by atoms with Crippen molar-refractivity contribution < 1.29 is 9.53 Å². The zero-order valence-corrected chi connectivity index (χ0v) is 16.8. The molecule has 26 heavy (non-hydrogen) atoms. The van der Waals surface area contributed by atoms with Crippen LogP contribution in [0.3, 0.4) is 0 Å². The Morgan fingerprint density at radius 1 is 1.42 bits per heavy atom. The van der Waals surface area contributed by atoms with Gasteiger partial charge in [-0.05, 0) is 32.9 Å². The molecule has 6 nitrogen and oxygen atoms in total. The number of pyridine rings is 1. The molecule has 0 bridgehead atoms. The van der Waals surface area contributed by atoms with E-state index in [4.69, 9.17) is 16.3 Å². The number of hydrogen-bond donors (Lipinski definition) is 0. The SMILES string of the molecule is CC(C)(C)N1CCN(C(=O)c2csc(Cl)n2)C(COc2cccnc2)C1. The topological polar surface area (TPSA) is 58.6 Å². The minimum atomic E-state index is -0.0958. The number of carbonyl (C=O) groups excluding carboxylic acids is 1. The minimum absolute atomic E-state index is 0.0334. The fourth-order valence-electron chi connectivity index (χ4n) is 3.00. The number of nitrogens with zero attached hydrogens (tertiary/aromatic N) is 4. The summed E-state index contributed by atoms with van der Waals surface area (Å²) in [4.78, 5) is 25.3. The van der Waals surface area contributed by atoms with Gasteiger partial charge < -0.3 is 9.64 Å². The molecule has 8 heteroatoms. The van der Waals surface area contributed by atoms with Gasteiger partial charge in [0.15, 0.2) is 4.47 Å². The van der Waals surface area contributed by atoms with Crippen molar-refractivity contribution in [3.8, 4) is 5.75 Å². The van der Waals surface area contributed by atoms with Crippen molar-refractivity contribution in [1.82, 2.24) is 19.8 Å². The van der Waals surface area contributed by atoms with Crippen molar-refractivity contribution in [3.05, 3.63) is 40.1 Å². The predicted octanol–water partition coefficient (Wildman–Crippen LogP) is 3.20. The number of halogens is 1. The van der Waals surface area contributed by atoms with E-state index in [2.05, 4.69) is 35.6 Å². The molecule has 1 aliphatic heterocycles. The van der Waals surface area contributed by atoms with E-state index in [9.17, 15) is 4.79 Å². The second-order valence-electron chi connectivity index (χ2n) is 7.25. The van der Waals surface area contributed by atoms with E-state index < -0.39 is 0 Å². The number of amides is 1. The van der Waals surface area contributed by atoms with Crippen LogP contribution in [-0.4, -0.2) is 63.5 Å². The van der Waals surface area contributed by atoms with Crippen LogP contribution in [0.4, 0.5) is 0 Å². The summed E-state index contributed by atoms with van der Waals surface area (Å²) in [5, 5.41) is 1.71. The lowest BCUT2D eigenvalue weighted by Crippen LogP contribution is -2.61. The molecule has 1 aliphatic rings. The Morgan fingerprint density at radius 2 is 2.23 bits per heavy atom. The lowest BCUT2D eigenvalue weighted by Gasteiger charge is -2.46. The molecule has 0 saturated carbocycles. The van der Waals surface area contributed by atoms with Crippen molar-refractivity contribution >= 4 is 28.8 Å². The summed E-state index contributed by atoms with van der Waals surface area (Å²) in [6.07, 6.45) is 3.38. The summed E-state index contributed by atoms with van der Waals surface area (Å²) in [5.41, 5.74) is 0.432. The molecule has 1 fully saturated rings. The van der Waals surface area contributed by atoms with Crippen LogP contribution in [0.2, 0.25) is 4.47 Å². The first-order valence-electron chi connectivity index (χ1n) is 8.54. The second-order valence-corrected chi connectivity index (χ2v) is 8.69. The molecule has 0 aromatic carbocycles. The molecule has 0 spiro atoms. The van der Waals surface area contributed by atoms with Gasteiger partial charge in [0, 0.05) is 36.8 Å². The first-order chi connectivity index (χ1) is 12.3. The van der Waals surface area contributed by atoms with Gasteiger partial charge in [-0.2, -0.15) is 0 Å².